The first-order valence-electron chi connectivity index (χ1n) is 6.00. The van der Waals surface area contributed by atoms with Crippen molar-refractivity contribution in [3.8, 4) is 0 Å². The Balaban J connectivity index is 1.91. The first kappa shape index (κ1) is 12.6. The molecule has 0 radical (unpaired) electrons. The molecule has 1 saturated heterocycles. The van der Waals surface area contributed by atoms with Crippen LogP contribution < -0.4 is 5.32 Å². The van der Waals surface area contributed by atoms with E-state index in [1.165, 1.54) is 4.90 Å². The third-order valence-corrected chi connectivity index (χ3v) is 2.98. The predicted molar refractivity (Wildman–Crippen MR) is 66.9 cm³/mol. The van der Waals surface area contributed by atoms with Gasteiger partial charge >= 0.3 is 11.8 Å². The van der Waals surface area contributed by atoms with E-state index in [0.29, 0.717) is 31.6 Å². The molecule has 2 rings (SSSR count). The second-order valence-corrected chi connectivity index (χ2v) is 4.34. The zero-order chi connectivity index (χ0) is 13.0. The maximum absolute atomic E-state index is 11.8. The average Bonchev–Trinajstić information content (AvgIpc) is 2.40. The van der Waals surface area contributed by atoms with Gasteiger partial charge < -0.3 is 15.3 Å². The molecule has 1 fully saturated rings. The van der Waals surface area contributed by atoms with Gasteiger partial charge in [-0.15, -0.1) is 0 Å². The molecule has 1 heterocycles. The molecule has 0 bridgehead atoms. The number of piperidine rings is 1. The number of hydrogen-bond donors (Lipinski definition) is 2. The minimum atomic E-state index is -0.627. The van der Waals surface area contributed by atoms with Gasteiger partial charge in [-0.1, -0.05) is 18.2 Å². The highest BCUT2D eigenvalue weighted by Gasteiger charge is 2.26. The fourth-order valence-electron chi connectivity index (χ4n) is 1.92. The number of nitrogens with one attached hydrogen (secondary N) is 1. The Bertz CT molecular complexity index is 425. The first-order chi connectivity index (χ1) is 8.66. The molecule has 0 unspecified atom stereocenters. The molecule has 96 valence electrons. The van der Waals surface area contributed by atoms with Crippen LogP contribution in [0.25, 0.3) is 0 Å². The lowest BCUT2D eigenvalue weighted by Crippen LogP contribution is -2.45. The van der Waals surface area contributed by atoms with Crippen molar-refractivity contribution in [3.05, 3.63) is 30.3 Å². The fraction of sp³-hybridized carbons (Fsp3) is 0.385. The van der Waals surface area contributed by atoms with Crippen LogP contribution in [0.15, 0.2) is 30.3 Å². The molecule has 1 aliphatic rings. The zero-order valence-electron chi connectivity index (χ0n) is 10.0. The number of nitrogens with zero attached hydrogens (tertiary/aromatic N) is 1. The van der Waals surface area contributed by atoms with Gasteiger partial charge in [0.1, 0.15) is 0 Å². The number of rotatable bonds is 1. The van der Waals surface area contributed by atoms with Crippen LogP contribution in [0.2, 0.25) is 0 Å². The van der Waals surface area contributed by atoms with Crippen molar-refractivity contribution in [2.45, 2.75) is 18.9 Å². The van der Waals surface area contributed by atoms with Gasteiger partial charge in [0.25, 0.3) is 0 Å². The highest BCUT2D eigenvalue weighted by Crippen LogP contribution is 2.11. The van der Waals surface area contributed by atoms with Gasteiger partial charge in [-0.25, -0.2) is 0 Å². The maximum Gasteiger partial charge on any atom is 0.313 e. The summed E-state index contributed by atoms with van der Waals surface area (Å²) in [6.07, 6.45) is 0.709. The molecule has 0 atom stereocenters. The van der Waals surface area contributed by atoms with Gasteiger partial charge in [-0.2, -0.15) is 0 Å². The Labute approximate surface area is 105 Å². The smallest absolute Gasteiger partial charge is 0.313 e. The highest BCUT2D eigenvalue weighted by molar-refractivity contribution is 6.39. The van der Waals surface area contributed by atoms with Crippen LogP contribution in [0.5, 0.6) is 0 Å². The van der Waals surface area contributed by atoms with Crippen LogP contribution in [0.4, 0.5) is 5.69 Å². The number of likely N-dealkylation sites (tertiary alicyclic amines) is 1. The second kappa shape index (κ2) is 5.64. The lowest BCUT2D eigenvalue weighted by Gasteiger charge is -2.28. The number of benzene rings is 1. The Kier molecular flexibility index (Phi) is 3.94. The van der Waals surface area contributed by atoms with Crippen LogP contribution in [0, 0.1) is 0 Å². The number of amides is 2. The summed E-state index contributed by atoms with van der Waals surface area (Å²) in [5.74, 6) is -1.16. The number of hydrogen-bond acceptors (Lipinski definition) is 3. The monoisotopic (exact) mass is 248 g/mol. The summed E-state index contributed by atoms with van der Waals surface area (Å²) in [6, 6.07) is 8.87. The van der Waals surface area contributed by atoms with Gasteiger partial charge in [-0.3, -0.25) is 9.59 Å². The van der Waals surface area contributed by atoms with Crippen molar-refractivity contribution in [2.24, 2.45) is 0 Å². The minimum Gasteiger partial charge on any atom is -0.393 e. The van der Waals surface area contributed by atoms with Crippen LogP contribution in [-0.2, 0) is 9.59 Å². The number of aliphatic hydroxyl groups excluding tert-OH is 1. The standard InChI is InChI=1S/C13H16N2O3/c16-11-6-8-15(9-7-11)13(18)12(17)14-10-4-2-1-3-5-10/h1-5,11,16H,6-9H2,(H,14,17). The molecular weight excluding hydrogens is 232 g/mol. The van der Waals surface area contributed by atoms with E-state index >= 15 is 0 Å². The van der Waals surface area contributed by atoms with Crippen molar-refractivity contribution < 1.29 is 14.7 Å². The molecule has 5 nitrogen and oxygen atoms in total. The first-order valence-corrected chi connectivity index (χ1v) is 6.00. The maximum atomic E-state index is 11.8. The van der Waals surface area contributed by atoms with Gasteiger partial charge in [0.2, 0.25) is 0 Å². The van der Waals surface area contributed by atoms with Crippen LogP contribution in [-0.4, -0.2) is 41.0 Å². The molecule has 18 heavy (non-hydrogen) atoms. The van der Waals surface area contributed by atoms with E-state index in [-0.39, 0.29) is 6.10 Å². The SMILES string of the molecule is O=C(Nc1ccccc1)C(=O)N1CCC(O)CC1. The summed E-state index contributed by atoms with van der Waals surface area (Å²) in [6.45, 7) is 0.865. The molecule has 0 aromatic heterocycles. The quantitative estimate of drug-likeness (QED) is 0.715. The highest BCUT2D eigenvalue weighted by atomic mass is 16.3. The largest absolute Gasteiger partial charge is 0.393 e. The Morgan fingerprint density at radius 3 is 2.39 bits per heavy atom. The molecule has 0 spiro atoms. The molecule has 1 aromatic carbocycles. The normalized spacial score (nSPS) is 16.4. The van der Waals surface area contributed by atoms with Crippen molar-refractivity contribution >= 4 is 17.5 Å². The predicted octanol–water partition coefficient (Wildman–Crippen LogP) is 0.608. The number of carbonyl (C=O) groups is 2. The van der Waals surface area contributed by atoms with Crippen molar-refractivity contribution in [1.29, 1.82) is 0 Å². The molecule has 0 aliphatic carbocycles. The molecule has 2 amide bonds. The topological polar surface area (TPSA) is 69.6 Å². The fourth-order valence-corrected chi connectivity index (χ4v) is 1.92. The van der Waals surface area contributed by atoms with Crippen LogP contribution in [0.1, 0.15) is 12.8 Å². The van der Waals surface area contributed by atoms with Crippen LogP contribution in [0.3, 0.4) is 0 Å². The minimum absolute atomic E-state index is 0.355. The van der Waals surface area contributed by atoms with Gasteiger partial charge in [0.15, 0.2) is 0 Å². The summed E-state index contributed by atoms with van der Waals surface area (Å²) in [5.41, 5.74) is 0.605. The Hall–Kier alpha value is -1.88. The Morgan fingerprint density at radius 2 is 1.78 bits per heavy atom. The summed E-state index contributed by atoms with van der Waals surface area (Å²) in [5, 5.41) is 11.9. The number of aliphatic hydroxyl groups is 1. The van der Waals surface area contributed by atoms with E-state index in [4.69, 9.17) is 0 Å². The van der Waals surface area contributed by atoms with E-state index in [0.717, 1.165) is 0 Å². The van der Waals surface area contributed by atoms with Crippen LogP contribution >= 0.6 is 0 Å². The molecule has 1 aromatic rings. The lowest BCUT2D eigenvalue weighted by atomic mass is 10.1. The summed E-state index contributed by atoms with van der Waals surface area (Å²) in [4.78, 5) is 25.0. The van der Waals surface area contributed by atoms with E-state index in [2.05, 4.69) is 5.32 Å². The third kappa shape index (κ3) is 3.07. The van der Waals surface area contributed by atoms with Crippen molar-refractivity contribution in [3.63, 3.8) is 0 Å². The average molecular weight is 248 g/mol. The molecule has 0 saturated carbocycles. The van der Waals surface area contributed by atoms with Crippen molar-refractivity contribution in [2.75, 3.05) is 18.4 Å². The Morgan fingerprint density at radius 1 is 1.17 bits per heavy atom. The molecular formula is C13H16N2O3. The van der Waals surface area contributed by atoms with E-state index < -0.39 is 11.8 Å². The summed E-state index contributed by atoms with van der Waals surface area (Å²) >= 11 is 0. The van der Waals surface area contributed by atoms with Crippen molar-refractivity contribution in [1.82, 2.24) is 4.90 Å². The van der Waals surface area contributed by atoms with E-state index in [9.17, 15) is 14.7 Å². The van der Waals surface area contributed by atoms with E-state index in [1.807, 2.05) is 6.07 Å². The summed E-state index contributed by atoms with van der Waals surface area (Å²) < 4.78 is 0. The summed E-state index contributed by atoms with van der Waals surface area (Å²) in [7, 11) is 0. The number of para-hydroxylation sites is 1. The lowest BCUT2D eigenvalue weighted by molar-refractivity contribution is -0.144. The number of anilines is 1. The van der Waals surface area contributed by atoms with Gasteiger partial charge in [-0.05, 0) is 25.0 Å². The van der Waals surface area contributed by atoms with Gasteiger partial charge in [0.05, 0.1) is 6.10 Å². The molecule has 5 heteroatoms. The molecule has 1 aliphatic heterocycles. The number of carbonyl (C=O) groups excluding carboxylic acids is 2. The van der Waals surface area contributed by atoms with Gasteiger partial charge in [0, 0.05) is 18.8 Å². The zero-order valence-corrected chi connectivity index (χ0v) is 10.0. The second-order valence-electron chi connectivity index (χ2n) is 4.34. The molecule has 2 N–H and O–H groups in total. The van der Waals surface area contributed by atoms with E-state index in [1.54, 1.807) is 24.3 Å². The third-order valence-electron chi connectivity index (χ3n) is 2.98.